The molecular formula is C20H28Cl2O2Si2Zr-2. The standard InChI is InChI=1S/C9H7.C6H16O2Si2.C5H5.2ClH.Zr/c1-2-5-9-7-3-6-8(9)4-1;1-9-7-5-6-8-10(2,3)4;1-2-4-5-3-1;;;/h1-7H;5-6H2,1-4H3;1-5H;2*1H;/q-1;;-1;;;+2/p-2. The van der Waals surface area contributed by atoms with Crippen molar-refractivity contribution in [2.75, 3.05) is 13.2 Å². The van der Waals surface area contributed by atoms with Gasteiger partial charge in [0.15, 0.2) is 0 Å². The van der Waals surface area contributed by atoms with Crippen LogP contribution in [0.3, 0.4) is 0 Å². The van der Waals surface area contributed by atoms with Gasteiger partial charge in [0.2, 0.25) is 0 Å². The number of fused-ring (bicyclic) bond motifs is 1. The SMILES string of the molecule is C[Si](=[Zr+2])OCCO[Si](C)(C)C.[Cl-].[Cl-].c1cc[cH-]c1.c1ccc2[cH-]ccc2c1. The van der Waals surface area contributed by atoms with Gasteiger partial charge in [-0.15, -0.1) is 29.7 Å². The molecule has 0 atom stereocenters. The van der Waals surface area contributed by atoms with Gasteiger partial charge in [-0.25, -0.2) is 12.1 Å². The second-order valence-electron chi connectivity index (χ2n) is 6.48. The van der Waals surface area contributed by atoms with E-state index in [0.29, 0.717) is 0 Å². The fraction of sp³-hybridized carbons (Fsp3) is 0.300. The number of hydrogen-bond donors (Lipinski definition) is 0. The third-order valence-electron chi connectivity index (χ3n) is 3.04. The Morgan fingerprint density at radius 3 is 2.04 bits per heavy atom. The van der Waals surface area contributed by atoms with Crippen LogP contribution in [0.5, 0.6) is 0 Å². The summed E-state index contributed by atoms with van der Waals surface area (Å²) in [6.45, 7) is 10.3. The first kappa shape index (κ1) is 29.2. The maximum atomic E-state index is 5.62. The number of benzene rings is 1. The molecule has 0 fully saturated rings. The van der Waals surface area contributed by atoms with E-state index in [1.165, 1.54) is 34.1 Å². The van der Waals surface area contributed by atoms with Gasteiger partial charge < -0.3 is 24.8 Å². The summed E-state index contributed by atoms with van der Waals surface area (Å²) in [5.41, 5.74) is -0.427. The Morgan fingerprint density at radius 2 is 1.56 bits per heavy atom. The average Bonchev–Trinajstić information content (AvgIpc) is 3.24. The Kier molecular flexibility index (Phi) is 18.3. The van der Waals surface area contributed by atoms with E-state index in [1.54, 1.807) is 0 Å². The molecule has 3 rings (SSSR count). The molecule has 3 aromatic rings. The number of hydrogen-bond acceptors (Lipinski definition) is 2. The summed E-state index contributed by atoms with van der Waals surface area (Å²) in [7, 11) is -1.29. The molecule has 0 aliphatic rings. The topological polar surface area (TPSA) is 18.5 Å². The van der Waals surface area contributed by atoms with E-state index in [2.05, 4.69) is 68.7 Å². The van der Waals surface area contributed by atoms with Crippen molar-refractivity contribution in [3.8, 4) is 0 Å². The molecule has 0 aliphatic heterocycles. The Labute approximate surface area is 192 Å². The van der Waals surface area contributed by atoms with E-state index in [4.69, 9.17) is 8.85 Å². The van der Waals surface area contributed by atoms with Crippen molar-refractivity contribution in [1.29, 1.82) is 0 Å². The summed E-state index contributed by atoms with van der Waals surface area (Å²) < 4.78 is 11.1. The molecule has 0 spiro atoms. The van der Waals surface area contributed by atoms with Gasteiger partial charge in [0.1, 0.15) is 0 Å². The molecule has 0 aliphatic carbocycles. The van der Waals surface area contributed by atoms with Gasteiger partial charge in [0, 0.05) is 0 Å². The number of halogens is 2. The van der Waals surface area contributed by atoms with E-state index in [-0.39, 0.29) is 24.8 Å². The first-order valence-electron chi connectivity index (χ1n) is 8.47. The molecule has 0 heterocycles. The zero-order valence-electron chi connectivity index (χ0n) is 16.4. The fourth-order valence-corrected chi connectivity index (χ4v) is 3.77. The van der Waals surface area contributed by atoms with E-state index in [9.17, 15) is 0 Å². The van der Waals surface area contributed by atoms with Crippen molar-refractivity contribution in [3.05, 3.63) is 72.8 Å². The maximum Gasteiger partial charge on any atom is -0.0809 e. The van der Waals surface area contributed by atoms with Crippen molar-refractivity contribution >= 4 is 24.8 Å². The van der Waals surface area contributed by atoms with Crippen LogP contribution in [0.1, 0.15) is 0 Å². The van der Waals surface area contributed by atoms with Gasteiger partial charge in [0.05, 0.1) is 0 Å². The number of rotatable bonds is 5. The summed E-state index contributed by atoms with van der Waals surface area (Å²) in [6, 6.07) is 24.7. The van der Waals surface area contributed by atoms with Crippen molar-refractivity contribution in [2.45, 2.75) is 26.2 Å². The van der Waals surface area contributed by atoms with Crippen LogP contribution >= 0.6 is 0 Å². The molecule has 2 nitrogen and oxygen atoms in total. The predicted molar refractivity (Wildman–Crippen MR) is 108 cm³/mol. The minimum atomic E-state index is -1.29. The van der Waals surface area contributed by atoms with E-state index >= 15 is 0 Å². The quantitative estimate of drug-likeness (QED) is 0.258. The first-order valence-corrected chi connectivity index (χ1v) is 17.5. The molecule has 0 saturated carbocycles. The summed E-state index contributed by atoms with van der Waals surface area (Å²) in [6.07, 6.45) is 0. The first-order chi connectivity index (χ1) is 11.9. The van der Waals surface area contributed by atoms with Gasteiger partial charge in [-0.3, -0.25) is 0 Å². The third kappa shape index (κ3) is 16.6. The van der Waals surface area contributed by atoms with Crippen molar-refractivity contribution in [1.82, 2.24) is 0 Å². The Balaban J connectivity index is 0. The molecular weight excluding hydrogens is 491 g/mol. The Hall–Kier alpha value is -0.00312. The van der Waals surface area contributed by atoms with Gasteiger partial charge in [0.25, 0.3) is 0 Å². The monoisotopic (exact) mass is 516 g/mol. The van der Waals surface area contributed by atoms with Crippen LogP contribution in [0.2, 0.25) is 26.2 Å². The molecule has 3 aromatic carbocycles. The molecule has 0 N–H and O–H groups in total. The molecule has 0 aromatic heterocycles. The van der Waals surface area contributed by atoms with E-state index < -0.39 is 14.0 Å². The molecule has 27 heavy (non-hydrogen) atoms. The van der Waals surface area contributed by atoms with Crippen LogP contribution in [0, 0.1) is 0 Å². The zero-order chi connectivity index (χ0) is 18.5. The predicted octanol–water partition coefficient (Wildman–Crippen LogP) is -0.508. The summed E-state index contributed by atoms with van der Waals surface area (Å²) >= 11 is 1.54. The summed E-state index contributed by atoms with van der Waals surface area (Å²) in [4.78, 5) is 0. The zero-order valence-corrected chi connectivity index (χ0v) is 22.4. The average molecular weight is 519 g/mol. The summed E-state index contributed by atoms with van der Waals surface area (Å²) in [5, 5.41) is 2.66. The minimum absolute atomic E-state index is 0. The van der Waals surface area contributed by atoms with Crippen LogP contribution in [0.25, 0.3) is 10.8 Å². The molecule has 0 radical (unpaired) electrons. The normalized spacial score (nSPS) is 9.70. The van der Waals surface area contributed by atoms with Gasteiger partial charge >= 0.3 is 85.6 Å². The Bertz CT molecular complexity index is 663. The molecule has 0 amide bonds. The van der Waals surface area contributed by atoms with Crippen molar-refractivity contribution in [3.63, 3.8) is 0 Å². The second-order valence-corrected chi connectivity index (χ2v) is 17.6. The largest absolute Gasteiger partial charge is 1.00 e. The minimum Gasteiger partial charge on any atom is -1.00 e. The van der Waals surface area contributed by atoms with Crippen molar-refractivity contribution in [2.24, 2.45) is 0 Å². The second kappa shape index (κ2) is 16.9. The molecule has 148 valence electrons. The van der Waals surface area contributed by atoms with Crippen LogP contribution in [-0.4, -0.2) is 27.2 Å². The molecule has 7 heteroatoms. The van der Waals surface area contributed by atoms with Crippen LogP contribution in [0.4, 0.5) is 0 Å². The van der Waals surface area contributed by atoms with Gasteiger partial charge in [-0.05, 0) is 0 Å². The van der Waals surface area contributed by atoms with Gasteiger partial charge in [-0.2, -0.15) is 35.7 Å². The van der Waals surface area contributed by atoms with E-state index in [0.717, 1.165) is 13.2 Å². The molecule has 0 bridgehead atoms. The molecule has 0 saturated heterocycles. The Morgan fingerprint density at radius 1 is 0.926 bits per heavy atom. The van der Waals surface area contributed by atoms with Crippen LogP contribution in [-0.2, 0) is 32.2 Å². The van der Waals surface area contributed by atoms with Crippen LogP contribution < -0.4 is 24.8 Å². The van der Waals surface area contributed by atoms with Crippen molar-refractivity contribution < 1.29 is 57.0 Å². The summed E-state index contributed by atoms with van der Waals surface area (Å²) in [5.74, 6) is 0. The van der Waals surface area contributed by atoms with Gasteiger partial charge in [-0.1, -0.05) is 6.07 Å². The van der Waals surface area contributed by atoms with Crippen LogP contribution in [0.15, 0.2) is 72.8 Å². The smallest absolute Gasteiger partial charge is 0.0809 e. The molecule has 0 unspecified atom stereocenters. The third-order valence-corrected chi connectivity index (χ3v) is 5.81. The maximum absolute atomic E-state index is 5.62. The van der Waals surface area contributed by atoms with E-state index in [1.807, 2.05) is 30.3 Å². The fourth-order valence-electron chi connectivity index (χ4n) is 1.93.